The van der Waals surface area contributed by atoms with E-state index in [1.54, 1.807) is 0 Å². The van der Waals surface area contributed by atoms with Crippen molar-refractivity contribution < 1.29 is 9.53 Å². The number of amides is 1. The number of likely N-dealkylation sites (tertiary alicyclic amines) is 1. The van der Waals surface area contributed by atoms with E-state index in [9.17, 15) is 4.79 Å². The van der Waals surface area contributed by atoms with Gasteiger partial charge >= 0.3 is 0 Å². The molecule has 1 amide bonds. The Labute approximate surface area is 182 Å². The summed E-state index contributed by atoms with van der Waals surface area (Å²) in [6.45, 7) is 8.74. The Morgan fingerprint density at radius 3 is 2.87 bits per heavy atom. The second-order valence-electron chi connectivity index (χ2n) is 8.71. The first-order valence-corrected chi connectivity index (χ1v) is 11.1. The molecule has 0 bridgehead atoms. The van der Waals surface area contributed by atoms with Crippen LogP contribution in [0.5, 0.6) is 0 Å². The van der Waals surface area contributed by atoms with Crippen molar-refractivity contribution in [3.05, 3.63) is 46.5 Å². The zero-order valence-corrected chi connectivity index (χ0v) is 18.5. The van der Waals surface area contributed by atoms with Crippen molar-refractivity contribution >= 4 is 17.5 Å². The molecular formula is C22H30ClN5O2. The predicted molar refractivity (Wildman–Crippen MR) is 115 cm³/mol. The second-order valence-corrected chi connectivity index (χ2v) is 9.14. The molecule has 1 N–H and O–H groups in total. The van der Waals surface area contributed by atoms with Gasteiger partial charge in [0.25, 0.3) is 5.91 Å². The molecule has 3 heterocycles. The van der Waals surface area contributed by atoms with E-state index >= 15 is 0 Å². The number of hydrogen-bond donors (Lipinski definition) is 1. The van der Waals surface area contributed by atoms with E-state index in [0.717, 1.165) is 56.3 Å². The molecule has 30 heavy (non-hydrogen) atoms. The molecule has 7 nitrogen and oxygen atoms in total. The zero-order chi connectivity index (χ0) is 21.1. The van der Waals surface area contributed by atoms with Crippen molar-refractivity contribution in [3.63, 3.8) is 0 Å². The van der Waals surface area contributed by atoms with Gasteiger partial charge in [0.05, 0.1) is 6.61 Å². The van der Waals surface area contributed by atoms with Crippen LogP contribution in [0.15, 0.2) is 24.3 Å². The van der Waals surface area contributed by atoms with Crippen LogP contribution in [0.3, 0.4) is 0 Å². The molecule has 2 aliphatic rings. The smallest absolute Gasteiger partial charge is 0.289 e. The minimum absolute atomic E-state index is 0.00383. The van der Waals surface area contributed by atoms with Crippen LogP contribution < -0.4 is 5.32 Å². The van der Waals surface area contributed by atoms with E-state index in [1.165, 1.54) is 5.56 Å². The number of fused-ring (bicyclic) bond motifs is 1. The number of carbonyl (C=O) groups excluding carboxylic acids is 1. The monoisotopic (exact) mass is 431 g/mol. The Morgan fingerprint density at radius 2 is 2.13 bits per heavy atom. The Kier molecular flexibility index (Phi) is 6.41. The highest BCUT2D eigenvalue weighted by molar-refractivity contribution is 6.30. The van der Waals surface area contributed by atoms with Crippen LogP contribution in [0.1, 0.15) is 55.1 Å². The molecule has 0 unspecified atom stereocenters. The van der Waals surface area contributed by atoms with Crippen LogP contribution in [-0.4, -0.2) is 51.3 Å². The zero-order valence-electron chi connectivity index (χ0n) is 17.7. The van der Waals surface area contributed by atoms with E-state index in [0.29, 0.717) is 19.0 Å². The average Bonchev–Trinajstić information content (AvgIpc) is 3.03. The summed E-state index contributed by atoms with van der Waals surface area (Å²) in [6.07, 6.45) is 2.90. The Hall–Kier alpha value is -1.96. The highest BCUT2D eigenvalue weighted by atomic mass is 35.5. The lowest BCUT2D eigenvalue weighted by Gasteiger charge is -2.41. The van der Waals surface area contributed by atoms with Crippen molar-refractivity contribution in [2.24, 2.45) is 5.41 Å². The number of nitrogens with one attached hydrogen (secondary N) is 1. The van der Waals surface area contributed by atoms with Gasteiger partial charge in [0.2, 0.25) is 5.82 Å². The maximum absolute atomic E-state index is 12.7. The van der Waals surface area contributed by atoms with Crippen LogP contribution in [0.4, 0.5) is 0 Å². The molecule has 162 valence electrons. The molecule has 1 atom stereocenters. The number of hydrogen-bond acceptors (Lipinski definition) is 5. The maximum atomic E-state index is 12.7. The second kappa shape index (κ2) is 9.04. The van der Waals surface area contributed by atoms with Gasteiger partial charge in [-0.2, -0.15) is 0 Å². The van der Waals surface area contributed by atoms with Crippen molar-refractivity contribution in [2.75, 3.05) is 19.7 Å². The SMILES string of the molecule is CC[C@@H](C)NC(=O)c1nnc2n1CC1(CCN(Cc3cccc(Cl)c3)CC1)COC2. The number of rotatable bonds is 5. The van der Waals surface area contributed by atoms with E-state index in [-0.39, 0.29) is 17.4 Å². The molecule has 0 aliphatic carbocycles. The van der Waals surface area contributed by atoms with E-state index in [2.05, 4.69) is 33.4 Å². The van der Waals surface area contributed by atoms with Gasteiger partial charge in [-0.15, -0.1) is 10.2 Å². The highest BCUT2D eigenvalue weighted by Crippen LogP contribution is 2.37. The minimum atomic E-state index is -0.154. The number of nitrogens with zero attached hydrogens (tertiary/aromatic N) is 4. The molecule has 0 radical (unpaired) electrons. The molecule has 1 aromatic heterocycles. The fourth-order valence-electron chi connectivity index (χ4n) is 4.29. The third-order valence-electron chi connectivity index (χ3n) is 6.37. The van der Waals surface area contributed by atoms with Crippen molar-refractivity contribution in [3.8, 4) is 0 Å². The topological polar surface area (TPSA) is 72.3 Å². The number of ether oxygens (including phenoxy) is 1. The van der Waals surface area contributed by atoms with Gasteiger partial charge in [-0.3, -0.25) is 9.69 Å². The van der Waals surface area contributed by atoms with E-state index in [4.69, 9.17) is 16.3 Å². The lowest BCUT2D eigenvalue weighted by atomic mass is 9.78. The summed E-state index contributed by atoms with van der Waals surface area (Å²) in [4.78, 5) is 15.2. The summed E-state index contributed by atoms with van der Waals surface area (Å²) >= 11 is 6.13. The van der Waals surface area contributed by atoms with Crippen LogP contribution in [0.2, 0.25) is 5.02 Å². The normalized spacial score (nSPS) is 19.8. The number of aromatic nitrogens is 3. The van der Waals surface area contributed by atoms with E-state index in [1.807, 2.05) is 29.7 Å². The summed E-state index contributed by atoms with van der Waals surface area (Å²) in [5.41, 5.74) is 1.24. The first-order chi connectivity index (χ1) is 14.5. The van der Waals surface area contributed by atoms with Gasteiger partial charge in [0.15, 0.2) is 5.82 Å². The highest BCUT2D eigenvalue weighted by Gasteiger charge is 2.39. The molecule has 2 aliphatic heterocycles. The number of benzene rings is 1. The molecule has 1 aromatic carbocycles. The number of piperidine rings is 1. The molecule has 1 spiro atoms. The minimum Gasteiger partial charge on any atom is -0.373 e. The predicted octanol–water partition coefficient (Wildman–Crippen LogP) is 3.27. The fourth-order valence-corrected chi connectivity index (χ4v) is 4.50. The van der Waals surface area contributed by atoms with Crippen LogP contribution in [0.25, 0.3) is 0 Å². The molecule has 4 rings (SSSR count). The maximum Gasteiger partial charge on any atom is 0.289 e. The van der Waals surface area contributed by atoms with Crippen molar-refractivity contribution in [1.82, 2.24) is 25.0 Å². The molecule has 2 aromatic rings. The van der Waals surface area contributed by atoms with Crippen LogP contribution in [-0.2, 0) is 24.4 Å². The Balaban J connectivity index is 1.44. The average molecular weight is 432 g/mol. The van der Waals surface area contributed by atoms with Gasteiger partial charge in [0.1, 0.15) is 6.61 Å². The van der Waals surface area contributed by atoms with Gasteiger partial charge < -0.3 is 14.6 Å². The molecule has 0 saturated carbocycles. The molecule has 1 fully saturated rings. The van der Waals surface area contributed by atoms with Crippen molar-refractivity contribution in [1.29, 1.82) is 0 Å². The number of halogens is 1. The number of carbonyl (C=O) groups is 1. The van der Waals surface area contributed by atoms with Gasteiger partial charge in [0, 0.05) is 29.6 Å². The van der Waals surface area contributed by atoms with Gasteiger partial charge in [-0.25, -0.2) is 0 Å². The summed E-state index contributed by atoms with van der Waals surface area (Å²) in [5.74, 6) is 0.984. The summed E-state index contributed by atoms with van der Waals surface area (Å²) in [6, 6.07) is 8.17. The lowest BCUT2D eigenvalue weighted by molar-refractivity contribution is -0.00570. The van der Waals surface area contributed by atoms with Gasteiger partial charge in [-0.1, -0.05) is 30.7 Å². The first kappa shape index (κ1) is 21.3. The summed E-state index contributed by atoms with van der Waals surface area (Å²) < 4.78 is 7.97. The van der Waals surface area contributed by atoms with Gasteiger partial charge in [-0.05, 0) is 57.0 Å². The van der Waals surface area contributed by atoms with Crippen LogP contribution in [0, 0.1) is 5.41 Å². The first-order valence-electron chi connectivity index (χ1n) is 10.8. The Morgan fingerprint density at radius 1 is 1.33 bits per heavy atom. The Bertz CT molecular complexity index is 891. The summed E-state index contributed by atoms with van der Waals surface area (Å²) in [5, 5.41) is 12.2. The van der Waals surface area contributed by atoms with Crippen LogP contribution >= 0.6 is 11.6 Å². The molecule has 8 heteroatoms. The largest absolute Gasteiger partial charge is 0.373 e. The quantitative estimate of drug-likeness (QED) is 0.786. The third kappa shape index (κ3) is 4.68. The molecular weight excluding hydrogens is 402 g/mol. The summed E-state index contributed by atoms with van der Waals surface area (Å²) in [7, 11) is 0. The van der Waals surface area contributed by atoms with E-state index < -0.39 is 0 Å². The standard InChI is InChI=1S/C22H30ClN5O2/c1-3-16(2)24-21(29)20-26-25-19-13-30-15-22(14-28(19)20)7-9-27(10-8-22)12-17-5-4-6-18(23)11-17/h4-6,11,16H,3,7-10,12-15H2,1-2H3,(H,24,29)/t16-/m1/s1. The lowest BCUT2D eigenvalue weighted by Crippen LogP contribution is -2.44. The fraction of sp³-hybridized carbons (Fsp3) is 0.591. The third-order valence-corrected chi connectivity index (χ3v) is 6.60. The molecule has 1 saturated heterocycles. The van der Waals surface area contributed by atoms with Crippen molar-refractivity contribution in [2.45, 2.75) is 58.8 Å².